The Balaban J connectivity index is 2.86. The molecule has 0 spiro atoms. The van der Waals surface area contributed by atoms with Crippen LogP contribution in [0.4, 0.5) is 0 Å². The van der Waals surface area contributed by atoms with Crippen molar-refractivity contribution in [1.82, 2.24) is 4.90 Å². The summed E-state index contributed by atoms with van der Waals surface area (Å²) in [6.45, 7) is 5.53. The van der Waals surface area contributed by atoms with Crippen molar-refractivity contribution >= 4 is 0 Å². The monoisotopic (exact) mass is 116 g/mol. The van der Waals surface area contributed by atoms with Crippen LogP contribution in [0.5, 0.6) is 0 Å². The lowest BCUT2D eigenvalue weighted by Crippen LogP contribution is -2.78. The molecule has 0 unspecified atom stereocenters. The predicted octanol–water partition coefficient (Wildman–Crippen LogP) is -0.707. The van der Waals surface area contributed by atoms with Gasteiger partial charge in [0.15, 0.2) is 0 Å². The molecule has 2 heteroatoms. The third-order valence-corrected chi connectivity index (χ3v) is 1.25. The van der Waals surface area contributed by atoms with E-state index in [0.29, 0.717) is 0 Å². The minimum absolute atomic E-state index is 1.10. The van der Waals surface area contributed by atoms with Crippen LogP contribution in [-0.4, -0.2) is 31.6 Å². The van der Waals surface area contributed by atoms with Crippen molar-refractivity contribution in [3.05, 3.63) is 7.05 Å². The van der Waals surface area contributed by atoms with E-state index in [1.807, 2.05) is 5.32 Å². The fraction of sp³-hybridized carbons (Fsp3) is 0.833. The van der Waals surface area contributed by atoms with Gasteiger partial charge in [-0.1, -0.05) is 6.92 Å². The molecule has 50 valence electrons. The van der Waals surface area contributed by atoms with Crippen LogP contribution < -0.4 is 5.32 Å². The average molecular weight is 116 g/mol. The van der Waals surface area contributed by atoms with Crippen LogP contribution in [0.15, 0.2) is 0 Å². The van der Waals surface area contributed by atoms with Gasteiger partial charge in [0.1, 0.15) is 0 Å². The van der Waals surface area contributed by atoms with Crippen LogP contribution >= 0.6 is 0 Å². The summed E-state index contributed by atoms with van der Waals surface area (Å²) in [5.41, 5.74) is 0. The summed E-state index contributed by atoms with van der Waals surface area (Å²) in [6, 6.07) is 0. The Morgan fingerprint density at radius 2 is 2.25 bits per heavy atom. The topological polar surface area (TPSA) is 19.9 Å². The third kappa shape index (κ3) is 4.09. The smallest absolute Gasteiger partial charge is 0.0644 e. The normalized spacial score (nSPS) is 10.5. The fourth-order valence-electron chi connectivity index (χ4n) is 0.470. The Hall–Kier alpha value is -0.0800. The van der Waals surface area contributed by atoms with E-state index in [-0.39, 0.29) is 0 Å². The third-order valence-electron chi connectivity index (χ3n) is 1.25. The summed E-state index contributed by atoms with van der Waals surface area (Å²) in [5, 5.41) is 1.95. The molecule has 0 aliphatic heterocycles. The number of likely N-dealkylation sites (N-methyl/N-ethyl adjacent to an activating group) is 1. The summed E-state index contributed by atoms with van der Waals surface area (Å²) in [5.74, 6) is 0. The van der Waals surface area contributed by atoms with E-state index in [0.717, 1.165) is 19.6 Å². The molecule has 0 aromatic heterocycles. The van der Waals surface area contributed by atoms with Crippen molar-refractivity contribution in [3.63, 3.8) is 0 Å². The van der Waals surface area contributed by atoms with Crippen LogP contribution in [0, 0.1) is 7.05 Å². The molecule has 2 nitrogen and oxygen atoms in total. The van der Waals surface area contributed by atoms with Gasteiger partial charge in [-0.2, -0.15) is 7.05 Å². The summed E-state index contributed by atoms with van der Waals surface area (Å²) >= 11 is 0. The molecule has 0 atom stereocenters. The van der Waals surface area contributed by atoms with Gasteiger partial charge in [-0.05, 0) is 13.6 Å². The largest absolute Gasteiger partial charge is 0.478 e. The van der Waals surface area contributed by atoms with E-state index in [9.17, 15) is 0 Å². The minimum Gasteiger partial charge on any atom is -0.478 e. The molecule has 0 saturated carbocycles. The van der Waals surface area contributed by atoms with E-state index in [1.165, 1.54) is 0 Å². The molecule has 0 aliphatic carbocycles. The quantitative estimate of drug-likeness (QED) is 0.481. The molecule has 8 heavy (non-hydrogen) atoms. The van der Waals surface area contributed by atoms with Crippen LogP contribution in [-0.2, 0) is 0 Å². The Kier molecular flexibility index (Phi) is 5.01. The first-order valence-corrected chi connectivity index (χ1v) is 3.10. The van der Waals surface area contributed by atoms with Gasteiger partial charge in [-0.25, -0.2) is 0 Å². The molecule has 0 amide bonds. The second-order valence-corrected chi connectivity index (χ2v) is 1.97. The molecular weight excluding hydrogens is 100 g/mol. The summed E-state index contributed by atoms with van der Waals surface area (Å²) in [4.78, 5) is 2.27. The van der Waals surface area contributed by atoms with Gasteiger partial charge in [-0.3, -0.25) is 0 Å². The van der Waals surface area contributed by atoms with Gasteiger partial charge in [0.2, 0.25) is 0 Å². The van der Waals surface area contributed by atoms with E-state index in [2.05, 4.69) is 25.9 Å². The van der Waals surface area contributed by atoms with E-state index >= 15 is 0 Å². The second kappa shape index (κ2) is 5.06. The van der Waals surface area contributed by atoms with E-state index < -0.39 is 0 Å². The number of nitrogens with two attached hydrogens (primary N) is 1. The minimum atomic E-state index is 1.10. The SMILES string of the molecule is [CH2-][NH2+]CCN(C)CC. The zero-order valence-corrected chi connectivity index (χ0v) is 5.85. The lowest BCUT2D eigenvalue weighted by atomic mass is 10.5. The van der Waals surface area contributed by atoms with Gasteiger partial charge in [0.25, 0.3) is 0 Å². The molecule has 0 fully saturated rings. The van der Waals surface area contributed by atoms with E-state index in [4.69, 9.17) is 0 Å². The molecule has 0 aromatic carbocycles. The molecule has 0 saturated heterocycles. The highest BCUT2D eigenvalue weighted by Crippen LogP contribution is 1.73. The summed E-state index contributed by atoms with van der Waals surface area (Å²) in [7, 11) is 5.75. The van der Waals surface area contributed by atoms with Gasteiger partial charge >= 0.3 is 0 Å². The maximum Gasteiger partial charge on any atom is 0.0644 e. The van der Waals surface area contributed by atoms with Crippen LogP contribution in [0.2, 0.25) is 0 Å². The number of hydrogen-bond donors (Lipinski definition) is 1. The van der Waals surface area contributed by atoms with Crippen LogP contribution in [0.3, 0.4) is 0 Å². The first kappa shape index (κ1) is 7.92. The fourth-order valence-corrected chi connectivity index (χ4v) is 0.470. The Morgan fingerprint density at radius 1 is 1.62 bits per heavy atom. The van der Waals surface area contributed by atoms with Crippen molar-refractivity contribution in [2.45, 2.75) is 6.92 Å². The highest BCUT2D eigenvalue weighted by Gasteiger charge is 1.89. The zero-order valence-electron chi connectivity index (χ0n) is 5.85. The molecule has 0 aromatic rings. The van der Waals surface area contributed by atoms with Crippen LogP contribution in [0.1, 0.15) is 6.92 Å². The summed E-state index contributed by atoms with van der Waals surface area (Å²) in [6.07, 6.45) is 0. The number of nitrogens with zero attached hydrogens (tertiary/aromatic N) is 1. The molecule has 0 bridgehead atoms. The van der Waals surface area contributed by atoms with Gasteiger partial charge in [-0.15, -0.1) is 0 Å². The van der Waals surface area contributed by atoms with Crippen molar-refractivity contribution in [3.8, 4) is 0 Å². The van der Waals surface area contributed by atoms with E-state index in [1.54, 1.807) is 0 Å². The van der Waals surface area contributed by atoms with Crippen molar-refractivity contribution in [2.75, 3.05) is 26.7 Å². The molecular formula is C6H16N2. The lowest BCUT2D eigenvalue weighted by molar-refractivity contribution is -0.595. The Morgan fingerprint density at radius 3 is 2.62 bits per heavy atom. The molecule has 0 rings (SSSR count). The van der Waals surface area contributed by atoms with Gasteiger partial charge < -0.3 is 10.2 Å². The lowest BCUT2D eigenvalue weighted by Gasteiger charge is -2.11. The number of rotatable bonds is 4. The second-order valence-electron chi connectivity index (χ2n) is 1.97. The molecule has 0 aliphatic rings. The molecule has 0 heterocycles. The van der Waals surface area contributed by atoms with Crippen molar-refractivity contribution < 1.29 is 5.32 Å². The summed E-state index contributed by atoms with van der Waals surface area (Å²) < 4.78 is 0. The van der Waals surface area contributed by atoms with Crippen molar-refractivity contribution in [1.29, 1.82) is 0 Å². The van der Waals surface area contributed by atoms with Crippen molar-refractivity contribution in [2.24, 2.45) is 0 Å². The maximum atomic E-state index is 3.64. The Labute approximate surface area is 51.9 Å². The van der Waals surface area contributed by atoms with Crippen LogP contribution in [0.25, 0.3) is 0 Å². The first-order valence-electron chi connectivity index (χ1n) is 3.10. The first-order chi connectivity index (χ1) is 3.81. The highest BCUT2D eigenvalue weighted by molar-refractivity contribution is 4.41. The average Bonchev–Trinajstić information content (AvgIpc) is 1.83. The molecule has 2 N–H and O–H groups in total. The zero-order chi connectivity index (χ0) is 6.41. The maximum absolute atomic E-state index is 3.64. The van der Waals surface area contributed by atoms with Gasteiger partial charge in [0, 0.05) is 6.54 Å². The standard InChI is InChI=1S/C6H16N2/c1-4-8(3)6-5-7-2/h2,4-7H2,1,3H3. The Bertz CT molecular complexity index is 45.8. The highest BCUT2D eigenvalue weighted by atomic mass is 15.1. The number of quaternary nitrogens is 1. The number of hydrogen-bond acceptors (Lipinski definition) is 1. The van der Waals surface area contributed by atoms with Gasteiger partial charge in [0.05, 0.1) is 6.54 Å². The predicted molar refractivity (Wildman–Crippen MR) is 35.3 cm³/mol. The molecule has 0 radical (unpaired) electrons.